The molecule has 0 aliphatic carbocycles. The molecule has 0 aliphatic rings. The van der Waals surface area contributed by atoms with Crippen LogP contribution in [-0.4, -0.2) is 24.0 Å². The van der Waals surface area contributed by atoms with Gasteiger partial charge < -0.3 is 10.1 Å². The maximum Gasteiger partial charge on any atom is 0.318 e. The Hall–Kier alpha value is -1.91. The highest BCUT2D eigenvalue weighted by atomic mass is 16.5. The van der Waals surface area contributed by atoms with Crippen LogP contribution in [0.3, 0.4) is 0 Å². The molecule has 17 heavy (non-hydrogen) atoms. The Labute approximate surface area is 100 Å². The number of nitrogens with zero attached hydrogens (tertiary/aromatic N) is 1. The SMILES string of the molecule is COC(=O)C(C(=O)Nc1cccnc1)C(C)C. The van der Waals surface area contributed by atoms with Gasteiger partial charge in [0.15, 0.2) is 0 Å². The fourth-order valence-corrected chi connectivity index (χ4v) is 1.47. The maximum absolute atomic E-state index is 11.9. The summed E-state index contributed by atoms with van der Waals surface area (Å²) in [5.74, 6) is -1.83. The highest BCUT2D eigenvalue weighted by molar-refractivity contribution is 6.04. The molecular formula is C12H16N2O3. The fraction of sp³-hybridized carbons (Fsp3) is 0.417. The van der Waals surface area contributed by atoms with Crippen molar-refractivity contribution >= 4 is 17.6 Å². The molecule has 0 saturated carbocycles. The lowest BCUT2D eigenvalue weighted by Crippen LogP contribution is -2.34. The van der Waals surface area contributed by atoms with E-state index < -0.39 is 11.9 Å². The second-order valence-corrected chi connectivity index (χ2v) is 3.98. The number of hydrogen-bond donors (Lipinski definition) is 1. The Bertz CT molecular complexity index is 390. The van der Waals surface area contributed by atoms with Crippen molar-refractivity contribution in [2.75, 3.05) is 12.4 Å². The Morgan fingerprint density at radius 2 is 2.12 bits per heavy atom. The van der Waals surface area contributed by atoms with Crippen molar-refractivity contribution in [2.45, 2.75) is 13.8 Å². The van der Waals surface area contributed by atoms with E-state index in [9.17, 15) is 9.59 Å². The largest absolute Gasteiger partial charge is 0.468 e. The van der Waals surface area contributed by atoms with Crippen LogP contribution in [0.4, 0.5) is 5.69 Å². The number of carbonyl (C=O) groups is 2. The zero-order valence-corrected chi connectivity index (χ0v) is 10.1. The molecule has 1 rings (SSSR count). The van der Waals surface area contributed by atoms with Crippen LogP contribution in [0.1, 0.15) is 13.8 Å². The highest BCUT2D eigenvalue weighted by Gasteiger charge is 2.30. The lowest BCUT2D eigenvalue weighted by Gasteiger charge is -2.17. The van der Waals surface area contributed by atoms with E-state index in [0.717, 1.165) is 0 Å². The third kappa shape index (κ3) is 3.55. The molecule has 0 fully saturated rings. The fourth-order valence-electron chi connectivity index (χ4n) is 1.47. The van der Waals surface area contributed by atoms with E-state index in [4.69, 9.17) is 0 Å². The molecule has 1 N–H and O–H groups in total. The molecule has 1 aromatic rings. The summed E-state index contributed by atoms with van der Waals surface area (Å²) in [6, 6.07) is 3.41. The van der Waals surface area contributed by atoms with Gasteiger partial charge in [-0.05, 0) is 18.1 Å². The van der Waals surface area contributed by atoms with Gasteiger partial charge in [-0.25, -0.2) is 0 Å². The van der Waals surface area contributed by atoms with Crippen LogP contribution < -0.4 is 5.32 Å². The molecule has 5 heteroatoms. The molecule has 1 amide bonds. The Morgan fingerprint density at radius 3 is 2.59 bits per heavy atom. The smallest absolute Gasteiger partial charge is 0.318 e. The van der Waals surface area contributed by atoms with Crippen LogP contribution in [0.25, 0.3) is 0 Å². The van der Waals surface area contributed by atoms with Gasteiger partial charge in [-0.1, -0.05) is 13.8 Å². The van der Waals surface area contributed by atoms with Crippen LogP contribution in [0.15, 0.2) is 24.5 Å². The summed E-state index contributed by atoms with van der Waals surface area (Å²) >= 11 is 0. The predicted molar refractivity (Wildman–Crippen MR) is 63.2 cm³/mol. The quantitative estimate of drug-likeness (QED) is 0.635. The van der Waals surface area contributed by atoms with Crippen molar-refractivity contribution < 1.29 is 14.3 Å². The van der Waals surface area contributed by atoms with Crippen LogP contribution in [0, 0.1) is 11.8 Å². The van der Waals surface area contributed by atoms with E-state index in [1.54, 1.807) is 32.2 Å². The minimum absolute atomic E-state index is 0.126. The molecule has 1 heterocycles. The van der Waals surface area contributed by atoms with E-state index in [2.05, 4.69) is 15.0 Å². The summed E-state index contributed by atoms with van der Waals surface area (Å²) in [5, 5.41) is 2.64. The average molecular weight is 236 g/mol. The highest BCUT2D eigenvalue weighted by Crippen LogP contribution is 2.15. The van der Waals surface area contributed by atoms with E-state index in [-0.39, 0.29) is 11.8 Å². The normalized spacial score (nSPS) is 12.0. The topological polar surface area (TPSA) is 68.3 Å². The predicted octanol–water partition coefficient (Wildman–Crippen LogP) is 1.47. The molecule has 0 aromatic carbocycles. The molecule has 5 nitrogen and oxygen atoms in total. The third-order valence-electron chi connectivity index (χ3n) is 2.33. The van der Waals surface area contributed by atoms with Crippen molar-refractivity contribution in [2.24, 2.45) is 11.8 Å². The van der Waals surface area contributed by atoms with E-state index in [0.29, 0.717) is 5.69 Å². The molecule has 0 radical (unpaired) electrons. The van der Waals surface area contributed by atoms with Crippen LogP contribution in [-0.2, 0) is 14.3 Å². The van der Waals surface area contributed by atoms with E-state index in [1.807, 2.05) is 0 Å². The van der Waals surface area contributed by atoms with Gasteiger partial charge in [0.25, 0.3) is 0 Å². The van der Waals surface area contributed by atoms with E-state index >= 15 is 0 Å². The van der Waals surface area contributed by atoms with Crippen molar-refractivity contribution in [1.29, 1.82) is 0 Å². The van der Waals surface area contributed by atoms with Crippen LogP contribution in [0.5, 0.6) is 0 Å². The van der Waals surface area contributed by atoms with Crippen molar-refractivity contribution in [3.8, 4) is 0 Å². The maximum atomic E-state index is 11.9. The molecule has 1 unspecified atom stereocenters. The minimum Gasteiger partial charge on any atom is -0.468 e. The number of aromatic nitrogens is 1. The van der Waals surface area contributed by atoms with Crippen molar-refractivity contribution in [3.05, 3.63) is 24.5 Å². The summed E-state index contributed by atoms with van der Waals surface area (Å²) in [6.45, 7) is 3.59. The number of methoxy groups -OCH3 is 1. The number of pyridine rings is 1. The van der Waals surface area contributed by atoms with Gasteiger partial charge in [0.05, 0.1) is 19.0 Å². The zero-order valence-electron chi connectivity index (χ0n) is 10.1. The van der Waals surface area contributed by atoms with Gasteiger partial charge in [0.2, 0.25) is 5.91 Å². The number of rotatable bonds is 4. The summed E-state index contributed by atoms with van der Waals surface area (Å²) in [7, 11) is 1.27. The first kappa shape index (κ1) is 13.2. The van der Waals surface area contributed by atoms with Crippen molar-refractivity contribution in [1.82, 2.24) is 4.98 Å². The number of ether oxygens (including phenoxy) is 1. The molecule has 0 spiro atoms. The lowest BCUT2D eigenvalue weighted by molar-refractivity contribution is -0.150. The van der Waals surface area contributed by atoms with Crippen LogP contribution >= 0.6 is 0 Å². The zero-order chi connectivity index (χ0) is 12.8. The van der Waals surface area contributed by atoms with Gasteiger partial charge in [-0.3, -0.25) is 14.6 Å². The van der Waals surface area contributed by atoms with Gasteiger partial charge in [-0.2, -0.15) is 0 Å². The Balaban J connectivity index is 2.76. The first-order valence-corrected chi connectivity index (χ1v) is 5.35. The number of anilines is 1. The second-order valence-electron chi connectivity index (χ2n) is 3.98. The molecule has 92 valence electrons. The number of nitrogens with one attached hydrogen (secondary N) is 1. The summed E-state index contributed by atoms with van der Waals surface area (Å²) in [4.78, 5) is 27.3. The minimum atomic E-state index is -0.805. The molecule has 0 bridgehead atoms. The lowest BCUT2D eigenvalue weighted by atomic mass is 9.95. The molecule has 1 atom stereocenters. The van der Waals surface area contributed by atoms with Crippen LogP contribution in [0.2, 0.25) is 0 Å². The second kappa shape index (κ2) is 5.98. The monoisotopic (exact) mass is 236 g/mol. The van der Waals surface area contributed by atoms with Crippen molar-refractivity contribution in [3.63, 3.8) is 0 Å². The molecular weight excluding hydrogens is 220 g/mol. The number of carbonyl (C=O) groups excluding carboxylic acids is 2. The molecule has 0 saturated heterocycles. The third-order valence-corrected chi connectivity index (χ3v) is 2.33. The first-order valence-electron chi connectivity index (χ1n) is 5.35. The van der Waals surface area contributed by atoms with Gasteiger partial charge in [0.1, 0.15) is 5.92 Å². The summed E-state index contributed by atoms with van der Waals surface area (Å²) < 4.78 is 4.62. The van der Waals surface area contributed by atoms with Gasteiger partial charge in [0, 0.05) is 6.20 Å². The number of amides is 1. The summed E-state index contributed by atoms with van der Waals surface area (Å²) in [6.07, 6.45) is 3.13. The Morgan fingerprint density at radius 1 is 1.41 bits per heavy atom. The number of esters is 1. The standard InChI is InChI=1S/C12H16N2O3/c1-8(2)10(12(16)17-3)11(15)14-9-5-4-6-13-7-9/h4-8,10H,1-3H3,(H,14,15). The summed E-state index contributed by atoms with van der Waals surface area (Å²) in [5.41, 5.74) is 0.562. The molecule has 1 aromatic heterocycles. The molecule has 0 aliphatic heterocycles. The number of hydrogen-bond acceptors (Lipinski definition) is 4. The van der Waals surface area contributed by atoms with Gasteiger partial charge >= 0.3 is 5.97 Å². The van der Waals surface area contributed by atoms with E-state index in [1.165, 1.54) is 13.3 Å². The first-order chi connectivity index (χ1) is 8.06. The average Bonchev–Trinajstić information content (AvgIpc) is 2.29. The Kier molecular flexibility index (Phi) is 4.63. The van der Waals surface area contributed by atoms with Gasteiger partial charge in [-0.15, -0.1) is 0 Å².